The van der Waals surface area contributed by atoms with Crippen LogP contribution in [0.25, 0.3) is 27.9 Å². The Morgan fingerprint density at radius 1 is 0.900 bits per heavy atom. The molecule has 1 aliphatic heterocycles. The fourth-order valence-electron chi connectivity index (χ4n) is 3.79. The van der Waals surface area contributed by atoms with Crippen molar-refractivity contribution in [1.29, 1.82) is 5.26 Å². The zero-order chi connectivity index (χ0) is 20.7. The number of hydrogen-bond acceptors (Lipinski definition) is 7. The zero-order valence-electron chi connectivity index (χ0n) is 16.9. The summed E-state index contributed by atoms with van der Waals surface area (Å²) < 4.78 is 3.49. The molecule has 30 heavy (non-hydrogen) atoms. The lowest BCUT2D eigenvalue weighted by atomic mass is 10.0. The van der Waals surface area contributed by atoms with Gasteiger partial charge in [-0.1, -0.05) is 0 Å². The summed E-state index contributed by atoms with van der Waals surface area (Å²) in [6.45, 7) is 3.90. The maximum absolute atomic E-state index is 9.56. The van der Waals surface area contributed by atoms with Gasteiger partial charge in [-0.15, -0.1) is 0 Å². The van der Waals surface area contributed by atoms with Crippen molar-refractivity contribution >= 4 is 11.3 Å². The van der Waals surface area contributed by atoms with Crippen LogP contribution in [-0.4, -0.2) is 67.5 Å². The van der Waals surface area contributed by atoms with E-state index in [9.17, 15) is 5.26 Å². The average Bonchev–Trinajstić information content (AvgIpc) is 3.40. The number of rotatable bonds is 3. The fourth-order valence-corrected chi connectivity index (χ4v) is 3.79. The molecule has 0 saturated carbocycles. The minimum absolute atomic E-state index is 0.507. The fraction of sp³-hybridized carbons (Fsp3) is 0.286. The van der Waals surface area contributed by atoms with Gasteiger partial charge in [0.25, 0.3) is 0 Å². The van der Waals surface area contributed by atoms with Crippen molar-refractivity contribution in [2.45, 2.75) is 0 Å². The van der Waals surface area contributed by atoms with Crippen LogP contribution < -0.4 is 4.90 Å². The molecule has 0 radical (unpaired) electrons. The van der Waals surface area contributed by atoms with Crippen LogP contribution in [0.15, 0.2) is 43.2 Å². The van der Waals surface area contributed by atoms with Crippen LogP contribution in [0.5, 0.6) is 0 Å². The van der Waals surface area contributed by atoms with Crippen LogP contribution >= 0.6 is 0 Å². The molecular formula is C21H21N9. The summed E-state index contributed by atoms with van der Waals surface area (Å²) in [6.07, 6.45) is 10.8. The van der Waals surface area contributed by atoms with Crippen molar-refractivity contribution in [3.05, 3.63) is 48.8 Å². The van der Waals surface area contributed by atoms with E-state index < -0.39 is 0 Å². The molecule has 150 valence electrons. The molecule has 9 nitrogen and oxygen atoms in total. The standard InChI is InChI=1S/C21H21N9/c1-27-3-5-29(6-4-27)20-12-23-19(11-24-20)18-7-15(17-10-25-28(2)13-17)14-30-21(18)16(8-22)9-26-30/h7,9-14H,3-6H2,1-2H3. The summed E-state index contributed by atoms with van der Waals surface area (Å²) in [6, 6.07) is 4.25. The first-order valence-electron chi connectivity index (χ1n) is 9.79. The first kappa shape index (κ1) is 18.3. The van der Waals surface area contributed by atoms with Gasteiger partial charge in [0.15, 0.2) is 0 Å². The van der Waals surface area contributed by atoms with E-state index in [1.807, 2.05) is 37.9 Å². The molecule has 0 aromatic carbocycles. The number of fused-ring (bicyclic) bond motifs is 1. The third kappa shape index (κ3) is 3.17. The normalized spacial score (nSPS) is 14.9. The summed E-state index contributed by atoms with van der Waals surface area (Å²) in [5, 5.41) is 18.2. The van der Waals surface area contributed by atoms with Crippen LogP contribution in [0.2, 0.25) is 0 Å². The Labute approximate surface area is 173 Å². The van der Waals surface area contributed by atoms with Crippen molar-refractivity contribution in [3.63, 3.8) is 0 Å². The molecule has 1 saturated heterocycles. The highest BCUT2D eigenvalue weighted by atomic mass is 15.3. The highest BCUT2D eigenvalue weighted by Gasteiger charge is 2.18. The van der Waals surface area contributed by atoms with E-state index in [0.29, 0.717) is 11.3 Å². The Morgan fingerprint density at radius 2 is 1.73 bits per heavy atom. The maximum atomic E-state index is 9.56. The molecule has 4 aromatic rings. The van der Waals surface area contributed by atoms with Crippen molar-refractivity contribution < 1.29 is 0 Å². The minimum Gasteiger partial charge on any atom is -0.353 e. The van der Waals surface area contributed by atoms with Crippen molar-refractivity contribution in [2.24, 2.45) is 7.05 Å². The maximum Gasteiger partial charge on any atom is 0.147 e. The third-order valence-corrected chi connectivity index (χ3v) is 5.51. The molecule has 0 unspecified atom stereocenters. The van der Waals surface area contributed by atoms with E-state index in [0.717, 1.165) is 54.2 Å². The molecule has 9 heteroatoms. The molecule has 0 spiro atoms. The second-order valence-electron chi connectivity index (χ2n) is 7.56. The molecule has 1 fully saturated rings. The van der Waals surface area contributed by atoms with Gasteiger partial charge in [0.05, 0.1) is 41.6 Å². The van der Waals surface area contributed by atoms with E-state index in [1.54, 1.807) is 21.6 Å². The lowest BCUT2D eigenvalue weighted by molar-refractivity contribution is 0.312. The van der Waals surface area contributed by atoms with E-state index in [2.05, 4.69) is 38.1 Å². The van der Waals surface area contributed by atoms with Crippen molar-refractivity contribution in [1.82, 2.24) is 34.3 Å². The molecule has 0 atom stereocenters. The zero-order valence-corrected chi connectivity index (χ0v) is 16.9. The van der Waals surface area contributed by atoms with Gasteiger partial charge in [-0.05, 0) is 13.1 Å². The van der Waals surface area contributed by atoms with Crippen LogP contribution in [-0.2, 0) is 7.05 Å². The van der Waals surface area contributed by atoms with Gasteiger partial charge < -0.3 is 9.80 Å². The van der Waals surface area contributed by atoms with Crippen molar-refractivity contribution in [3.8, 4) is 28.5 Å². The quantitative estimate of drug-likeness (QED) is 0.519. The van der Waals surface area contributed by atoms with Gasteiger partial charge in [0, 0.05) is 62.3 Å². The predicted octanol–water partition coefficient (Wildman–Crippen LogP) is 1.82. The van der Waals surface area contributed by atoms with Gasteiger partial charge in [0.1, 0.15) is 11.9 Å². The second kappa shape index (κ2) is 7.24. The largest absolute Gasteiger partial charge is 0.353 e. The Hall–Kier alpha value is -3.77. The third-order valence-electron chi connectivity index (χ3n) is 5.51. The van der Waals surface area contributed by atoms with Gasteiger partial charge in [-0.2, -0.15) is 15.5 Å². The first-order chi connectivity index (χ1) is 14.6. The number of pyridine rings is 1. The Bertz CT molecular complexity index is 1240. The summed E-state index contributed by atoms with van der Waals surface area (Å²) >= 11 is 0. The molecule has 0 amide bonds. The molecule has 0 bridgehead atoms. The topological polar surface area (TPSA) is 91.2 Å². The second-order valence-corrected chi connectivity index (χ2v) is 7.56. The number of likely N-dealkylation sites (N-methyl/N-ethyl adjacent to an activating group) is 1. The highest BCUT2D eigenvalue weighted by molar-refractivity contribution is 5.86. The summed E-state index contributed by atoms with van der Waals surface area (Å²) in [5.74, 6) is 0.875. The lowest BCUT2D eigenvalue weighted by Gasteiger charge is -2.32. The monoisotopic (exact) mass is 399 g/mol. The molecule has 0 N–H and O–H groups in total. The van der Waals surface area contributed by atoms with E-state index in [4.69, 9.17) is 4.98 Å². The van der Waals surface area contributed by atoms with Gasteiger partial charge in [-0.3, -0.25) is 9.67 Å². The van der Waals surface area contributed by atoms with Gasteiger partial charge in [0.2, 0.25) is 0 Å². The first-order valence-corrected chi connectivity index (χ1v) is 9.79. The average molecular weight is 399 g/mol. The number of nitriles is 1. The lowest BCUT2D eigenvalue weighted by Crippen LogP contribution is -2.44. The number of nitrogens with zero attached hydrogens (tertiary/aromatic N) is 9. The van der Waals surface area contributed by atoms with E-state index >= 15 is 0 Å². The smallest absolute Gasteiger partial charge is 0.147 e. The summed E-state index contributed by atoms with van der Waals surface area (Å²) in [7, 11) is 4.01. The number of aromatic nitrogens is 6. The minimum atomic E-state index is 0.507. The van der Waals surface area contributed by atoms with Crippen LogP contribution in [0.1, 0.15) is 5.56 Å². The van der Waals surface area contributed by atoms with Gasteiger partial charge >= 0.3 is 0 Å². The van der Waals surface area contributed by atoms with Crippen LogP contribution in [0.4, 0.5) is 5.82 Å². The van der Waals surface area contributed by atoms with E-state index in [-0.39, 0.29) is 0 Å². The van der Waals surface area contributed by atoms with Crippen LogP contribution in [0, 0.1) is 11.3 Å². The predicted molar refractivity (Wildman–Crippen MR) is 113 cm³/mol. The number of piperazine rings is 1. The number of anilines is 1. The molecule has 0 aliphatic carbocycles. The molecular weight excluding hydrogens is 378 g/mol. The van der Waals surface area contributed by atoms with Gasteiger partial charge in [-0.25, -0.2) is 9.50 Å². The number of aryl methyl sites for hydroxylation is 1. The van der Waals surface area contributed by atoms with E-state index in [1.165, 1.54) is 0 Å². The molecule has 5 rings (SSSR count). The van der Waals surface area contributed by atoms with Crippen LogP contribution in [0.3, 0.4) is 0 Å². The highest BCUT2D eigenvalue weighted by Crippen LogP contribution is 2.31. The number of hydrogen-bond donors (Lipinski definition) is 0. The Balaban J connectivity index is 1.58. The SMILES string of the molecule is CN1CCN(c2cnc(-c3cc(-c4cnn(C)c4)cn4ncc(C#N)c34)cn2)CC1. The van der Waals surface area contributed by atoms with Crippen molar-refractivity contribution in [2.75, 3.05) is 38.1 Å². The Kier molecular flexibility index (Phi) is 4.41. The Morgan fingerprint density at radius 3 is 2.40 bits per heavy atom. The summed E-state index contributed by atoms with van der Waals surface area (Å²) in [5.41, 5.74) is 4.68. The molecule has 5 heterocycles. The molecule has 4 aromatic heterocycles. The summed E-state index contributed by atoms with van der Waals surface area (Å²) in [4.78, 5) is 13.9. The molecule has 1 aliphatic rings.